The molecule has 0 unspecified atom stereocenters. The van der Waals surface area contributed by atoms with Gasteiger partial charge in [-0.2, -0.15) is 15.5 Å². The number of aromatic nitrogens is 2. The molecule has 5 N–H and O–H groups in total. The monoisotopic (exact) mass is 444 g/mol. The molecule has 0 bridgehead atoms. The van der Waals surface area contributed by atoms with Gasteiger partial charge in [0.1, 0.15) is 11.5 Å². The number of carbonyl (C=O) groups excluding carboxylic acids is 2. The topological polar surface area (TPSA) is 189 Å². The molecule has 0 aliphatic carbocycles. The lowest BCUT2D eigenvalue weighted by Crippen LogP contribution is -2.24. The molecule has 2 amide bonds. The summed E-state index contributed by atoms with van der Waals surface area (Å²) in [5.74, 6) is -3.26. The van der Waals surface area contributed by atoms with E-state index in [0.717, 1.165) is 6.07 Å². The summed E-state index contributed by atoms with van der Waals surface area (Å²) in [6.07, 6.45) is 1.44. The van der Waals surface area contributed by atoms with Crippen LogP contribution in [0.5, 0.6) is 5.75 Å². The molecular formula is C22H16N6O5. The number of aromatic hydroxyl groups is 1. The van der Waals surface area contributed by atoms with E-state index in [9.17, 15) is 24.6 Å². The third kappa shape index (κ3) is 4.97. The number of benzene rings is 2. The molecular weight excluding hydrogens is 428 g/mol. The number of rotatable bonds is 6. The Kier molecular flexibility index (Phi) is 6.40. The Morgan fingerprint density at radius 3 is 2.42 bits per heavy atom. The van der Waals surface area contributed by atoms with Crippen molar-refractivity contribution in [2.75, 3.05) is 10.6 Å². The zero-order valence-corrected chi connectivity index (χ0v) is 17.1. The number of nitrogens with one attached hydrogen (secondary N) is 3. The highest BCUT2D eigenvalue weighted by atomic mass is 16.4. The molecule has 0 radical (unpaired) electrons. The van der Waals surface area contributed by atoms with Gasteiger partial charge in [0.2, 0.25) is 5.91 Å². The van der Waals surface area contributed by atoms with Gasteiger partial charge < -0.3 is 20.8 Å². The van der Waals surface area contributed by atoms with Gasteiger partial charge in [-0.3, -0.25) is 15.0 Å². The molecule has 3 rings (SSSR count). The van der Waals surface area contributed by atoms with Crippen molar-refractivity contribution in [2.24, 2.45) is 0 Å². The summed E-state index contributed by atoms with van der Waals surface area (Å²) >= 11 is 0. The van der Waals surface area contributed by atoms with Crippen LogP contribution in [-0.2, 0) is 9.59 Å². The first-order valence-electron chi connectivity index (χ1n) is 9.31. The van der Waals surface area contributed by atoms with E-state index in [2.05, 4.69) is 20.8 Å². The predicted octanol–water partition coefficient (Wildman–Crippen LogP) is 2.38. The predicted molar refractivity (Wildman–Crippen MR) is 117 cm³/mol. The van der Waals surface area contributed by atoms with Crippen molar-refractivity contribution >= 4 is 34.9 Å². The van der Waals surface area contributed by atoms with Crippen molar-refractivity contribution in [1.82, 2.24) is 10.2 Å². The number of amides is 2. The van der Waals surface area contributed by atoms with E-state index < -0.39 is 29.2 Å². The van der Waals surface area contributed by atoms with E-state index in [1.165, 1.54) is 37.4 Å². The van der Waals surface area contributed by atoms with E-state index in [1.54, 1.807) is 12.1 Å². The largest absolute Gasteiger partial charge is 0.507 e. The van der Waals surface area contributed by atoms with Gasteiger partial charge in [0.25, 0.3) is 5.91 Å². The zero-order valence-electron chi connectivity index (χ0n) is 17.1. The molecule has 164 valence electrons. The van der Waals surface area contributed by atoms with Gasteiger partial charge in [0.05, 0.1) is 34.3 Å². The Balaban J connectivity index is 2.00. The molecule has 3 aromatic rings. The molecule has 1 heterocycles. The SMILES string of the molecule is CC(=O)Nc1cc(O)c(C(=N)C(=O)Nc2ccc(C#N)cc2C(=O)O)cc1-c1cccnn1. The first-order chi connectivity index (χ1) is 15.7. The quantitative estimate of drug-likeness (QED) is 0.358. The van der Waals surface area contributed by atoms with Crippen molar-refractivity contribution < 1.29 is 24.6 Å². The lowest BCUT2D eigenvalue weighted by Gasteiger charge is -2.14. The van der Waals surface area contributed by atoms with Crippen LogP contribution in [0.4, 0.5) is 11.4 Å². The number of carbonyl (C=O) groups is 3. The van der Waals surface area contributed by atoms with E-state index >= 15 is 0 Å². The Morgan fingerprint density at radius 1 is 1.06 bits per heavy atom. The Labute approximate surface area is 186 Å². The third-order valence-electron chi connectivity index (χ3n) is 4.42. The second-order valence-corrected chi connectivity index (χ2v) is 6.71. The Bertz CT molecular complexity index is 1330. The minimum atomic E-state index is -1.37. The standard InChI is InChI=1S/C22H16N6O5/c1-11(29)26-18-9-19(30)15(8-13(18)17-3-2-6-25-28-17)20(24)21(31)27-16-5-4-12(10-23)7-14(16)22(32)33/h2-9,24,30H,1H3,(H,26,29)(H,27,31)(H,32,33). The van der Waals surface area contributed by atoms with Gasteiger partial charge in [-0.15, -0.1) is 0 Å². The van der Waals surface area contributed by atoms with Gasteiger partial charge in [-0.1, -0.05) is 0 Å². The smallest absolute Gasteiger partial charge is 0.337 e. The van der Waals surface area contributed by atoms with Crippen LogP contribution in [0.15, 0.2) is 48.7 Å². The number of anilines is 2. The lowest BCUT2D eigenvalue weighted by molar-refractivity contribution is -0.114. The van der Waals surface area contributed by atoms with Crippen LogP contribution < -0.4 is 10.6 Å². The summed E-state index contributed by atoms with van der Waals surface area (Å²) in [5, 5.41) is 49.6. The number of phenols is 1. The fourth-order valence-electron chi connectivity index (χ4n) is 2.95. The van der Waals surface area contributed by atoms with E-state index in [-0.39, 0.29) is 28.1 Å². The molecule has 2 aromatic carbocycles. The maximum Gasteiger partial charge on any atom is 0.337 e. The van der Waals surface area contributed by atoms with Crippen LogP contribution in [0.3, 0.4) is 0 Å². The first-order valence-corrected chi connectivity index (χ1v) is 9.31. The van der Waals surface area contributed by atoms with Crippen molar-refractivity contribution in [1.29, 1.82) is 10.7 Å². The average molecular weight is 444 g/mol. The van der Waals surface area contributed by atoms with Crippen LogP contribution in [0.25, 0.3) is 11.3 Å². The maximum absolute atomic E-state index is 12.7. The molecule has 0 atom stereocenters. The molecule has 0 spiro atoms. The number of phenolic OH excluding ortho intramolecular Hbond substituents is 1. The van der Waals surface area contributed by atoms with Crippen LogP contribution in [0.1, 0.15) is 28.4 Å². The summed E-state index contributed by atoms with van der Waals surface area (Å²) in [4.78, 5) is 35.8. The zero-order chi connectivity index (χ0) is 24.1. The van der Waals surface area contributed by atoms with Crippen LogP contribution in [0, 0.1) is 16.7 Å². The molecule has 0 aliphatic heterocycles. The fourth-order valence-corrected chi connectivity index (χ4v) is 2.95. The average Bonchev–Trinajstić information content (AvgIpc) is 2.79. The van der Waals surface area contributed by atoms with Crippen LogP contribution >= 0.6 is 0 Å². The highest BCUT2D eigenvalue weighted by Crippen LogP contribution is 2.33. The second kappa shape index (κ2) is 9.36. The fraction of sp³-hybridized carbons (Fsp3) is 0.0455. The van der Waals surface area contributed by atoms with E-state index in [4.69, 9.17) is 10.7 Å². The number of hydrogen-bond donors (Lipinski definition) is 5. The van der Waals surface area contributed by atoms with Gasteiger partial charge >= 0.3 is 5.97 Å². The van der Waals surface area contributed by atoms with Crippen molar-refractivity contribution in [3.05, 3.63) is 65.4 Å². The molecule has 11 heteroatoms. The number of carboxylic acids is 1. The minimum Gasteiger partial charge on any atom is -0.507 e. The van der Waals surface area contributed by atoms with Gasteiger partial charge in [0.15, 0.2) is 0 Å². The van der Waals surface area contributed by atoms with Crippen molar-refractivity contribution in [2.45, 2.75) is 6.92 Å². The minimum absolute atomic E-state index is 0.0836. The molecule has 0 fully saturated rings. The van der Waals surface area contributed by atoms with Gasteiger partial charge in [-0.25, -0.2) is 4.79 Å². The van der Waals surface area contributed by atoms with E-state index in [1.807, 2.05) is 6.07 Å². The summed E-state index contributed by atoms with van der Waals surface area (Å²) in [6.45, 7) is 1.28. The highest BCUT2D eigenvalue weighted by Gasteiger charge is 2.22. The Morgan fingerprint density at radius 2 is 1.82 bits per heavy atom. The lowest BCUT2D eigenvalue weighted by atomic mass is 10.00. The summed E-state index contributed by atoms with van der Waals surface area (Å²) in [5.41, 5.74) is -0.428. The summed E-state index contributed by atoms with van der Waals surface area (Å²) in [7, 11) is 0. The molecule has 1 aromatic heterocycles. The van der Waals surface area contributed by atoms with Gasteiger partial charge in [-0.05, 0) is 36.4 Å². The molecule has 33 heavy (non-hydrogen) atoms. The number of aromatic carboxylic acids is 1. The highest BCUT2D eigenvalue weighted by molar-refractivity contribution is 6.48. The van der Waals surface area contributed by atoms with E-state index in [0.29, 0.717) is 11.3 Å². The number of carboxylic acid groups (broad SMARTS) is 1. The third-order valence-corrected chi connectivity index (χ3v) is 4.42. The normalized spacial score (nSPS) is 10.1. The number of nitrogens with zero attached hydrogens (tertiary/aromatic N) is 3. The van der Waals surface area contributed by atoms with Crippen molar-refractivity contribution in [3.8, 4) is 23.1 Å². The van der Waals surface area contributed by atoms with Crippen LogP contribution in [0.2, 0.25) is 0 Å². The van der Waals surface area contributed by atoms with Crippen LogP contribution in [-0.4, -0.2) is 43.9 Å². The molecule has 0 saturated heterocycles. The molecule has 0 saturated carbocycles. The van der Waals surface area contributed by atoms with Crippen molar-refractivity contribution in [3.63, 3.8) is 0 Å². The number of hydrogen-bond acceptors (Lipinski definition) is 8. The van der Waals surface area contributed by atoms with Gasteiger partial charge in [0, 0.05) is 30.3 Å². The first kappa shape index (κ1) is 22.6. The molecule has 0 aliphatic rings. The second-order valence-electron chi connectivity index (χ2n) is 6.71. The number of nitriles is 1. The maximum atomic E-state index is 12.7. The summed E-state index contributed by atoms with van der Waals surface area (Å²) in [6, 6.07) is 11.1. The molecule has 11 nitrogen and oxygen atoms in total. The Hall–Kier alpha value is -5.11. The summed E-state index contributed by atoms with van der Waals surface area (Å²) < 4.78 is 0.